The number of aromatic nitrogens is 3. The first-order valence-corrected chi connectivity index (χ1v) is 5.72. The number of halogens is 2. The van der Waals surface area contributed by atoms with E-state index < -0.39 is 5.82 Å². The van der Waals surface area contributed by atoms with Gasteiger partial charge in [-0.25, -0.2) is 9.37 Å². The van der Waals surface area contributed by atoms with Gasteiger partial charge in [-0.1, -0.05) is 11.6 Å². The van der Waals surface area contributed by atoms with Crippen molar-refractivity contribution in [3.63, 3.8) is 0 Å². The maximum Gasteiger partial charge on any atom is 0.152 e. The minimum atomic E-state index is -0.459. The van der Waals surface area contributed by atoms with Crippen LogP contribution in [-0.4, -0.2) is 21.4 Å². The first kappa shape index (κ1) is 10.4. The van der Waals surface area contributed by atoms with Crippen molar-refractivity contribution < 1.29 is 4.39 Å². The quantitative estimate of drug-likeness (QED) is 0.825. The molecule has 0 fully saturated rings. The van der Waals surface area contributed by atoms with Gasteiger partial charge in [-0.2, -0.15) is 5.10 Å². The number of pyridine rings is 1. The Bertz CT molecular complexity index is 486. The lowest BCUT2D eigenvalue weighted by Crippen LogP contribution is -1.89. The van der Waals surface area contributed by atoms with Crippen LogP contribution >= 0.6 is 23.4 Å². The molecule has 0 atom stereocenters. The molecular formula is C9H7ClFN3S. The molecule has 2 heterocycles. The maximum atomic E-state index is 13.4. The number of nitrogens with zero attached hydrogens (tertiary/aromatic N) is 2. The fourth-order valence-corrected chi connectivity index (χ4v) is 1.66. The smallest absolute Gasteiger partial charge is 0.152 e. The van der Waals surface area contributed by atoms with Crippen molar-refractivity contribution in [3.05, 3.63) is 29.2 Å². The molecule has 0 saturated carbocycles. The third kappa shape index (κ3) is 2.13. The van der Waals surface area contributed by atoms with Crippen molar-refractivity contribution in [1.82, 2.24) is 15.2 Å². The summed E-state index contributed by atoms with van der Waals surface area (Å²) in [5.74, 6) is -0.459. The van der Waals surface area contributed by atoms with Gasteiger partial charge in [-0.05, 0) is 18.4 Å². The normalized spacial score (nSPS) is 10.6. The van der Waals surface area contributed by atoms with Crippen LogP contribution in [0.1, 0.15) is 0 Å². The van der Waals surface area contributed by atoms with Gasteiger partial charge in [0.05, 0.1) is 10.7 Å². The van der Waals surface area contributed by atoms with Crippen molar-refractivity contribution in [1.29, 1.82) is 0 Å². The summed E-state index contributed by atoms with van der Waals surface area (Å²) in [4.78, 5) is 3.91. The first-order valence-electron chi connectivity index (χ1n) is 4.11. The second-order valence-electron chi connectivity index (χ2n) is 2.81. The van der Waals surface area contributed by atoms with Crippen LogP contribution < -0.4 is 0 Å². The van der Waals surface area contributed by atoms with Crippen molar-refractivity contribution in [2.75, 3.05) is 6.26 Å². The molecule has 1 N–H and O–H groups in total. The number of hydrogen-bond donors (Lipinski definition) is 1. The van der Waals surface area contributed by atoms with Gasteiger partial charge in [0.15, 0.2) is 5.82 Å². The molecule has 78 valence electrons. The summed E-state index contributed by atoms with van der Waals surface area (Å²) in [5.41, 5.74) is 0.778. The second-order valence-corrected chi connectivity index (χ2v) is 4.07. The van der Waals surface area contributed by atoms with Gasteiger partial charge in [0.1, 0.15) is 10.7 Å². The van der Waals surface area contributed by atoms with E-state index in [1.165, 1.54) is 24.0 Å². The molecule has 15 heavy (non-hydrogen) atoms. The lowest BCUT2D eigenvalue weighted by atomic mass is 10.2. The van der Waals surface area contributed by atoms with E-state index >= 15 is 0 Å². The molecule has 0 aliphatic rings. The summed E-state index contributed by atoms with van der Waals surface area (Å²) >= 11 is 7.08. The van der Waals surface area contributed by atoms with E-state index in [9.17, 15) is 4.39 Å². The molecule has 0 aliphatic heterocycles. The molecule has 0 radical (unpaired) electrons. The van der Waals surface area contributed by atoms with Crippen molar-refractivity contribution >= 4 is 23.4 Å². The highest BCUT2D eigenvalue weighted by molar-refractivity contribution is 7.98. The lowest BCUT2D eigenvalue weighted by Gasteiger charge is -1.98. The van der Waals surface area contributed by atoms with Crippen LogP contribution in [0.2, 0.25) is 5.02 Å². The summed E-state index contributed by atoms with van der Waals surface area (Å²) in [6, 6.07) is 2.97. The van der Waals surface area contributed by atoms with E-state index in [4.69, 9.17) is 11.6 Å². The fraction of sp³-hybridized carbons (Fsp3) is 0.111. The topological polar surface area (TPSA) is 41.6 Å². The van der Waals surface area contributed by atoms with E-state index in [2.05, 4.69) is 15.2 Å². The van der Waals surface area contributed by atoms with Crippen LogP contribution in [0, 0.1) is 5.82 Å². The lowest BCUT2D eigenvalue weighted by molar-refractivity contribution is 0.625. The van der Waals surface area contributed by atoms with Crippen LogP contribution in [-0.2, 0) is 0 Å². The average Bonchev–Trinajstić information content (AvgIpc) is 2.66. The monoisotopic (exact) mass is 243 g/mol. The zero-order valence-electron chi connectivity index (χ0n) is 7.79. The highest BCUT2D eigenvalue weighted by atomic mass is 35.5. The van der Waals surface area contributed by atoms with Crippen LogP contribution in [0.4, 0.5) is 4.39 Å². The van der Waals surface area contributed by atoms with Gasteiger partial charge in [-0.3, -0.25) is 5.10 Å². The molecule has 0 bridgehead atoms. The van der Waals surface area contributed by atoms with Crippen molar-refractivity contribution in [3.8, 4) is 11.4 Å². The van der Waals surface area contributed by atoms with Crippen molar-refractivity contribution in [2.45, 2.75) is 5.03 Å². The summed E-state index contributed by atoms with van der Waals surface area (Å²) in [6.45, 7) is 0. The molecule has 6 heteroatoms. The van der Waals surface area contributed by atoms with E-state index in [0.717, 1.165) is 5.03 Å². The fourth-order valence-electron chi connectivity index (χ4n) is 1.14. The molecule has 0 saturated heterocycles. The maximum absolute atomic E-state index is 13.4. The zero-order chi connectivity index (χ0) is 10.8. The molecular weight excluding hydrogens is 237 g/mol. The van der Waals surface area contributed by atoms with Gasteiger partial charge in [0, 0.05) is 6.20 Å². The Balaban J connectivity index is 2.44. The third-order valence-corrected chi connectivity index (χ3v) is 2.66. The Hall–Kier alpha value is -1.07. The number of rotatable bonds is 2. The second kappa shape index (κ2) is 4.20. The Morgan fingerprint density at radius 3 is 2.87 bits per heavy atom. The van der Waals surface area contributed by atoms with Gasteiger partial charge in [0.25, 0.3) is 0 Å². The summed E-state index contributed by atoms with van der Waals surface area (Å²) < 4.78 is 13.4. The molecule has 0 amide bonds. The van der Waals surface area contributed by atoms with E-state index in [-0.39, 0.29) is 10.7 Å². The minimum absolute atomic E-state index is 0.229. The number of H-pyrrole nitrogens is 1. The summed E-state index contributed by atoms with van der Waals surface area (Å²) in [6.07, 6.45) is 3.30. The number of nitrogens with one attached hydrogen (secondary N) is 1. The van der Waals surface area contributed by atoms with Gasteiger partial charge >= 0.3 is 0 Å². The molecule has 3 nitrogen and oxygen atoms in total. The predicted octanol–water partition coefficient (Wildman–Crippen LogP) is 2.99. The standard InChI is InChI=1S/C9H7ClFN3S/c1-15-8-3-7(13-14-8)9-6(11)2-5(10)4-12-9/h2-4H,1H3,(H,13,14). The van der Waals surface area contributed by atoms with Gasteiger partial charge < -0.3 is 0 Å². The third-order valence-electron chi connectivity index (χ3n) is 1.83. The Morgan fingerprint density at radius 2 is 2.27 bits per heavy atom. The number of aromatic amines is 1. The summed E-state index contributed by atoms with van der Waals surface area (Å²) in [7, 11) is 0. The van der Waals surface area contributed by atoms with Crippen molar-refractivity contribution in [2.24, 2.45) is 0 Å². The number of thioether (sulfide) groups is 1. The molecule has 2 aromatic heterocycles. The predicted molar refractivity (Wildman–Crippen MR) is 58.6 cm³/mol. The Kier molecular flexibility index (Phi) is 2.93. The SMILES string of the molecule is CSc1cc(-c2ncc(Cl)cc2F)[nH]n1. The van der Waals surface area contributed by atoms with Crippen LogP contribution in [0.5, 0.6) is 0 Å². The summed E-state index contributed by atoms with van der Waals surface area (Å²) in [5, 5.41) is 7.76. The van der Waals surface area contributed by atoms with Crippen LogP contribution in [0.25, 0.3) is 11.4 Å². The average molecular weight is 244 g/mol. The largest absolute Gasteiger partial charge is 0.275 e. The Labute approximate surface area is 95.1 Å². The first-order chi connectivity index (χ1) is 7.20. The van der Waals surface area contributed by atoms with Crippen LogP contribution in [0.15, 0.2) is 23.4 Å². The van der Waals surface area contributed by atoms with E-state index in [1.807, 2.05) is 6.26 Å². The number of hydrogen-bond acceptors (Lipinski definition) is 3. The Morgan fingerprint density at radius 1 is 1.47 bits per heavy atom. The molecule has 2 rings (SSSR count). The molecule has 0 unspecified atom stereocenters. The highest BCUT2D eigenvalue weighted by Gasteiger charge is 2.10. The zero-order valence-corrected chi connectivity index (χ0v) is 9.36. The van der Waals surface area contributed by atoms with E-state index in [1.54, 1.807) is 6.07 Å². The molecule has 0 spiro atoms. The van der Waals surface area contributed by atoms with E-state index in [0.29, 0.717) is 5.69 Å². The van der Waals surface area contributed by atoms with Gasteiger partial charge in [-0.15, -0.1) is 11.8 Å². The molecule has 2 aromatic rings. The van der Waals surface area contributed by atoms with Crippen LogP contribution in [0.3, 0.4) is 0 Å². The minimum Gasteiger partial charge on any atom is -0.275 e. The van der Waals surface area contributed by atoms with Gasteiger partial charge in [0.2, 0.25) is 0 Å². The molecule has 0 aromatic carbocycles. The molecule has 0 aliphatic carbocycles. The highest BCUT2D eigenvalue weighted by Crippen LogP contribution is 2.23.